The summed E-state index contributed by atoms with van der Waals surface area (Å²) < 4.78 is 5.32. The van der Waals surface area contributed by atoms with Crippen LogP contribution in [-0.2, 0) is 11.3 Å². The van der Waals surface area contributed by atoms with Crippen molar-refractivity contribution < 1.29 is 14.3 Å². The molecule has 0 aliphatic heterocycles. The predicted octanol–water partition coefficient (Wildman–Crippen LogP) is 3.18. The zero-order valence-electron chi connectivity index (χ0n) is 19.8. The van der Waals surface area contributed by atoms with Gasteiger partial charge in [-0.2, -0.15) is 0 Å². The number of amides is 2. The summed E-state index contributed by atoms with van der Waals surface area (Å²) in [5, 5.41) is 12.3. The molecule has 2 amide bonds. The molecule has 1 atom stereocenters. The van der Waals surface area contributed by atoms with E-state index >= 15 is 0 Å². The molecule has 1 aromatic carbocycles. The SMILES string of the molecule is CCCCC(CNC(=O)OC(C)(C)C)NC(=NC)NCc1cccc(C(=O)NCC)c1. The summed E-state index contributed by atoms with van der Waals surface area (Å²) in [6, 6.07) is 7.50. The molecule has 0 spiro atoms. The fourth-order valence-electron chi connectivity index (χ4n) is 2.86. The molecule has 0 aliphatic rings. The average molecular weight is 434 g/mol. The third-order valence-corrected chi connectivity index (χ3v) is 4.35. The summed E-state index contributed by atoms with van der Waals surface area (Å²) in [5.74, 6) is 0.551. The monoisotopic (exact) mass is 433 g/mol. The van der Waals surface area contributed by atoms with Crippen LogP contribution in [0.1, 0.15) is 69.8 Å². The molecule has 174 valence electrons. The minimum Gasteiger partial charge on any atom is -0.444 e. The summed E-state index contributed by atoms with van der Waals surface area (Å²) in [6.07, 6.45) is 2.54. The van der Waals surface area contributed by atoms with Gasteiger partial charge in [0.25, 0.3) is 5.91 Å². The second kappa shape index (κ2) is 13.5. The first-order valence-electron chi connectivity index (χ1n) is 11.0. The molecule has 31 heavy (non-hydrogen) atoms. The van der Waals surface area contributed by atoms with Crippen LogP contribution >= 0.6 is 0 Å². The summed E-state index contributed by atoms with van der Waals surface area (Å²) in [7, 11) is 1.71. The van der Waals surface area contributed by atoms with Crippen molar-refractivity contribution >= 4 is 18.0 Å². The number of nitrogens with zero attached hydrogens (tertiary/aromatic N) is 1. The fourth-order valence-corrected chi connectivity index (χ4v) is 2.86. The highest BCUT2D eigenvalue weighted by atomic mass is 16.6. The second-order valence-corrected chi connectivity index (χ2v) is 8.35. The standard InChI is InChI=1S/C23H39N5O3/c1-7-9-13-19(16-27-22(30)31-23(3,4)5)28-21(24-6)26-15-17-11-10-12-18(14-17)20(29)25-8-2/h10-12,14,19H,7-9,13,15-16H2,1-6H3,(H,25,29)(H,27,30)(H2,24,26,28). The molecule has 0 saturated heterocycles. The maximum absolute atomic E-state index is 12.0. The summed E-state index contributed by atoms with van der Waals surface area (Å²) >= 11 is 0. The minimum atomic E-state index is -0.531. The van der Waals surface area contributed by atoms with Crippen LogP contribution < -0.4 is 21.3 Å². The van der Waals surface area contributed by atoms with Gasteiger partial charge in [0.05, 0.1) is 0 Å². The van der Waals surface area contributed by atoms with Gasteiger partial charge in [0.2, 0.25) is 0 Å². The predicted molar refractivity (Wildman–Crippen MR) is 125 cm³/mol. The Hall–Kier alpha value is -2.77. The maximum atomic E-state index is 12.0. The van der Waals surface area contributed by atoms with Gasteiger partial charge in [0.1, 0.15) is 5.60 Å². The van der Waals surface area contributed by atoms with E-state index in [1.807, 2.05) is 45.9 Å². The number of carbonyl (C=O) groups is 2. The van der Waals surface area contributed by atoms with Crippen LogP contribution in [-0.4, -0.2) is 49.7 Å². The lowest BCUT2D eigenvalue weighted by atomic mass is 10.1. The summed E-state index contributed by atoms with van der Waals surface area (Å²) in [6.45, 7) is 11.1. The van der Waals surface area contributed by atoms with Crippen LogP contribution in [0.3, 0.4) is 0 Å². The van der Waals surface area contributed by atoms with E-state index in [1.165, 1.54) is 0 Å². The van der Waals surface area contributed by atoms with E-state index in [1.54, 1.807) is 13.1 Å². The highest BCUT2D eigenvalue weighted by molar-refractivity contribution is 5.94. The summed E-state index contributed by atoms with van der Waals surface area (Å²) in [4.78, 5) is 28.3. The molecule has 0 aliphatic carbocycles. The Labute approximate surface area is 186 Å². The molecular formula is C23H39N5O3. The van der Waals surface area contributed by atoms with Gasteiger partial charge in [-0.15, -0.1) is 0 Å². The van der Waals surface area contributed by atoms with E-state index < -0.39 is 11.7 Å². The van der Waals surface area contributed by atoms with E-state index in [0.717, 1.165) is 24.8 Å². The van der Waals surface area contributed by atoms with E-state index in [2.05, 4.69) is 33.2 Å². The van der Waals surface area contributed by atoms with Gasteiger partial charge in [-0.3, -0.25) is 9.79 Å². The van der Waals surface area contributed by atoms with Gasteiger partial charge in [-0.25, -0.2) is 4.79 Å². The van der Waals surface area contributed by atoms with Crippen molar-refractivity contribution in [2.45, 2.75) is 72.1 Å². The van der Waals surface area contributed by atoms with Gasteiger partial charge >= 0.3 is 6.09 Å². The van der Waals surface area contributed by atoms with Gasteiger partial charge in [-0.05, 0) is 51.8 Å². The first-order valence-corrected chi connectivity index (χ1v) is 11.0. The van der Waals surface area contributed by atoms with Crippen LogP contribution in [0.5, 0.6) is 0 Å². The quantitative estimate of drug-likeness (QED) is 0.335. The van der Waals surface area contributed by atoms with Crippen LogP contribution in [0.25, 0.3) is 0 Å². The third kappa shape index (κ3) is 11.3. The molecule has 1 aromatic rings. The van der Waals surface area contributed by atoms with Crippen molar-refractivity contribution in [3.05, 3.63) is 35.4 Å². The number of guanidine groups is 1. The number of unbranched alkanes of at least 4 members (excludes halogenated alkanes) is 1. The van der Waals surface area contributed by atoms with Crippen molar-refractivity contribution in [3.8, 4) is 0 Å². The lowest BCUT2D eigenvalue weighted by molar-refractivity contribution is 0.0522. The molecule has 8 heteroatoms. The Balaban J connectivity index is 2.66. The first kappa shape index (κ1) is 26.3. The number of aliphatic imine (C=N–C) groups is 1. The van der Waals surface area contributed by atoms with Crippen LogP contribution in [0.2, 0.25) is 0 Å². The van der Waals surface area contributed by atoms with Gasteiger partial charge < -0.3 is 26.0 Å². The average Bonchev–Trinajstić information content (AvgIpc) is 2.71. The highest BCUT2D eigenvalue weighted by Gasteiger charge is 2.18. The lowest BCUT2D eigenvalue weighted by Crippen LogP contribution is -2.48. The molecule has 0 bridgehead atoms. The number of nitrogens with one attached hydrogen (secondary N) is 4. The van der Waals surface area contributed by atoms with Crippen molar-refractivity contribution in [3.63, 3.8) is 0 Å². The molecule has 1 rings (SSSR count). The van der Waals surface area contributed by atoms with E-state index in [-0.39, 0.29) is 11.9 Å². The van der Waals surface area contributed by atoms with Crippen molar-refractivity contribution in [1.29, 1.82) is 0 Å². The molecular weight excluding hydrogens is 394 g/mol. The molecule has 0 radical (unpaired) electrons. The Kier molecular flexibility index (Phi) is 11.5. The molecule has 1 unspecified atom stereocenters. The van der Waals surface area contributed by atoms with Crippen molar-refractivity contribution in [2.24, 2.45) is 4.99 Å². The van der Waals surface area contributed by atoms with E-state index in [0.29, 0.717) is 31.2 Å². The van der Waals surface area contributed by atoms with Crippen molar-refractivity contribution in [1.82, 2.24) is 21.3 Å². The number of rotatable bonds is 10. The number of carbonyl (C=O) groups excluding carboxylic acids is 2. The number of alkyl carbamates (subject to hydrolysis) is 1. The zero-order valence-corrected chi connectivity index (χ0v) is 19.8. The number of hydrogen-bond donors (Lipinski definition) is 4. The molecule has 4 N–H and O–H groups in total. The highest BCUT2D eigenvalue weighted by Crippen LogP contribution is 2.07. The number of hydrogen-bond acceptors (Lipinski definition) is 4. The second-order valence-electron chi connectivity index (χ2n) is 8.35. The van der Waals surface area contributed by atoms with E-state index in [4.69, 9.17) is 4.74 Å². The summed E-state index contributed by atoms with van der Waals surface area (Å²) in [5.41, 5.74) is 1.08. The number of ether oxygens (including phenoxy) is 1. The van der Waals surface area contributed by atoms with Crippen molar-refractivity contribution in [2.75, 3.05) is 20.1 Å². The smallest absolute Gasteiger partial charge is 0.407 e. The Morgan fingerprint density at radius 2 is 1.87 bits per heavy atom. The normalized spacial score (nSPS) is 12.6. The van der Waals surface area contributed by atoms with Gasteiger partial charge in [-0.1, -0.05) is 31.9 Å². The van der Waals surface area contributed by atoms with Crippen LogP contribution in [0.15, 0.2) is 29.3 Å². The first-order chi connectivity index (χ1) is 14.7. The van der Waals surface area contributed by atoms with Crippen LogP contribution in [0.4, 0.5) is 4.79 Å². The molecule has 0 fully saturated rings. The van der Waals surface area contributed by atoms with Gasteiger partial charge in [0.15, 0.2) is 5.96 Å². The maximum Gasteiger partial charge on any atom is 0.407 e. The largest absolute Gasteiger partial charge is 0.444 e. The molecule has 0 saturated carbocycles. The molecule has 8 nitrogen and oxygen atoms in total. The Bertz CT molecular complexity index is 728. The van der Waals surface area contributed by atoms with Gasteiger partial charge in [0, 0.05) is 38.3 Å². The molecule has 0 aromatic heterocycles. The van der Waals surface area contributed by atoms with E-state index in [9.17, 15) is 9.59 Å². The minimum absolute atomic E-state index is 0.0142. The third-order valence-electron chi connectivity index (χ3n) is 4.35. The number of benzene rings is 1. The lowest BCUT2D eigenvalue weighted by Gasteiger charge is -2.24. The topological polar surface area (TPSA) is 104 Å². The Morgan fingerprint density at radius 1 is 1.13 bits per heavy atom. The molecule has 0 heterocycles. The zero-order chi connectivity index (χ0) is 23.3. The Morgan fingerprint density at radius 3 is 2.48 bits per heavy atom. The van der Waals surface area contributed by atoms with Crippen LogP contribution in [0, 0.1) is 0 Å². The fraction of sp³-hybridized carbons (Fsp3) is 0.609.